The summed E-state index contributed by atoms with van der Waals surface area (Å²) in [5.41, 5.74) is 25.0. The van der Waals surface area contributed by atoms with Crippen LogP contribution in [0, 0.1) is 94.4 Å². The molecule has 13 rings (SSSR count). The van der Waals surface area contributed by atoms with E-state index >= 15 is 13.2 Å². The molecule has 0 radical (unpaired) electrons. The first-order valence-corrected chi connectivity index (χ1v) is 30.2. The number of hydrogen-bond donors (Lipinski definition) is 0. The number of aryl methyl sites for hydroxylation is 12. The van der Waals surface area contributed by atoms with E-state index in [0.29, 0.717) is 34.1 Å². The summed E-state index contributed by atoms with van der Waals surface area (Å²) >= 11 is 0. The fourth-order valence-electron chi connectivity index (χ4n) is 15.1. The molecule has 3 nitrogen and oxygen atoms in total. The van der Waals surface area contributed by atoms with Gasteiger partial charge in [0.15, 0.2) is 0 Å². The number of aromatic nitrogens is 2. The van der Waals surface area contributed by atoms with Crippen molar-refractivity contribution in [2.45, 2.75) is 95.4 Å². The smallest absolute Gasteiger partial charge is 0.309 e. The summed E-state index contributed by atoms with van der Waals surface area (Å²) in [6, 6.07) is 58.1. The van der Waals surface area contributed by atoms with Crippen molar-refractivity contribution in [2.24, 2.45) is 0 Å². The molecule has 0 N–H and O–H groups in total. The Morgan fingerprint density at radius 2 is 0.633 bits per heavy atom. The van der Waals surface area contributed by atoms with Gasteiger partial charge in [-0.2, -0.15) is 31.6 Å². The topological polar surface area (TPSA) is 33.6 Å². The van der Waals surface area contributed by atoms with Crippen LogP contribution < -0.4 is 0 Å². The average Bonchev–Trinajstić information content (AvgIpc) is 1.56. The first-order chi connectivity index (χ1) is 42.8. The number of nitriles is 1. The molecule has 0 aliphatic rings. The highest BCUT2D eigenvalue weighted by Gasteiger charge is 2.39. The monoisotopic (exact) mass is 1190 g/mol. The van der Waals surface area contributed by atoms with Crippen molar-refractivity contribution in [1.82, 2.24) is 9.13 Å². The van der Waals surface area contributed by atoms with Crippen LogP contribution in [-0.2, 0) is 12.4 Å². The van der Waals surface area contributed by atoms with Crippen LogP contribution in [0.5, 0.6) is 0 Å². The zero-order valence-electron chi connectivity index (χ0n) is 52.4. The molecule has 446 valence electrons. The maximum Gasteiger partial charge on any atom is 0.417 e. The number of alkyl halides is 6. The lowest BCUT2D eigenvalue weighted by molar-refractivity contribution is -0.142. The molecule has 11 aromatic carbocycles. The van der Waals surface area contributed by atoms with E-state index in [2.05, 4.69) is 220 Å². The third-order valence-electron chi connectivity index (χ3n) is 18.3. The van der Waals surface area contributed by atoms with E-state index in [1.165, 1.54) is 0 Å². The fraction of sp³-hybridized carbons (Fsp3) is 0.173. The molecule has 0 spiro atoms. The van der Waals surface area contributed by atoms with E-state index in [1.54, 1.807) is 24.3 Å². The third-order valence-corrected chi connectivity index (χ3v) is 18.3. The molecule has 0 aliphatic heterocycles. The van der Waals surface area contributed by atoms with Crippen LogP contribution in [0.4, 0.5) is 26.3 Å². The van der Waals surface area contributed by atoms with Gasteiger partial charge < -0.3 is 9.13 Å². The lowest BCUT2D eigenvalue weighted by atomic mass is 9.91. The molecule has 13 aromatic rings. The van der Waals surface area contributed by atoms with E-state index in [-0.39, 0.29) is 11.6 Å². The van der Waals surface area contributed by atoms with Crippen molar-refractivity contribution in [3.8, 4) is 84.2 Å². The Kier molecular flexibility index (Phi) is 14.2. The SMILES string of the molecule is Cc1cc(C)c(-c2ccc3c(c2)c2cc(-c4c(C)cc(C)cc4C)ccc2n3-c2ccc(-c3ccc(C(F)(F)F)cc3C(F)(F)F)cc2-c2ccc(C#N)cc2-n2c3ccc(-c4c(C)cc(C)cc4C)cc3c3cc(-c4c(C)cc(C)cc4C)ccc32)c(C)c1. The van der Waals surface area contributed by atoms with Crippen molar-refractivity contribution in [3.63, 3.8) is 0 Å². The van der Waals surface area contributed by atoms with Crippen molar-refractivity contribution >= 4 is 43.6 Å². The number of hydrogen-bond acceptors (Lipinski definition) is 1. The van der Waals surface area contributed by atoms with Crippen LogP contribution >= 0.6 is 0 Å². The normalized spacial score (nSPS) is 12.1. The number of fused-ring (bicyclic) bond motifs is 6. The summed E-state index contributed by atoms with van der Waals surface area (Å²) < 4.78 is 93.8. The van der Waals surface area contributed by atoms with Crippen LogP contribution in [0.3, 0.4) is 0 Å². The third kappa shape index (κ3) is 10.0. The second-order valence-electron chi connectivity index (χ2n) is 25.0. The molecular weight excluding hydrogens is 1130 g/mol. The van der Waals surface area contributed by atoms with Gasteiger partial charge in [-0.1, -0.05) is 113 Å². The number of halogens is 6. The van der Waals surface area contributed by atoms with E-state index < -0.39 is 29.0 Å². The van der Waals surface area contributed by atoms with E-state index in [4.69, 9.17) is 0 Å². The summed E-state index contributed by atoms with van der Waals surface area (Å²) in [5, 5.41) is 14.7. The standard InChI is InChI=1S/C81H65F6N3/c1-43-27-47(5)76(48(6)28-43)57-15-23-71-65(37-57)66-38-58(77-49(7)29-44(2)30-50(77)8)16-24-72(66)89(71)70-22-14-56(62-21-19-61(80(82,83)84)41-69(62)81(85,86)87)36-64(70)63-20-13-55(42-88)35-75(63)90-73-25-17-59(78-51(9)31-45(3)32-52(78)10)39-67(73)68-40-60(18-26-74(68)90)79-53(11)33-46(4)34-54(79)12/h13-41H,1-12H3. The Labute approximate surface area is 520 Å². The minimum Gasteiger partial charge on any atom is -0.309 e. The highest BCUT2D eigenvalue weighted by Crippen LogP contribution is 2.48. The summed E-state index contributed by atoms with van der Waals surface area (Å²) in [6.45, 7) is 25.4. The maximum absolute atomic E-state index is 15.4. The predicted octanol–water partition coefficient (Wildman–Crippen LogP) is 23.5. The molecule has 90 heavy (non-hydrogen) atoms. The quantitative estimate of drug-likeness (QED) is 0.140. The molecule has 0 bridgehead atoms. The Hall–Kier alpha value is -9.91. The van der Waals surface area contributed by atoms with Crippen LogP contribution in [0.25, 0.3) is 122 Å². The minimum atomic E-state index is -5.16. The first kappa shape index (κ1) is 59.1. The largest absolute Gasteiger partial charge is 0.417 e. The zero-order chi connectivity index (χ0) is 63.7. The van der Waals surface area contributed by atoms with Crippen molar-refractivity contribution < 1.29 is 26.3 Å². The van der Waals surface area contributed by atoms with Crippen molar-refractivity contribution in [1.29, 1.82) is 5.26 Å². The molecule has 0 atom stereocenters. The van der Waals surface area contributed by atoms with E-state index in [0.717, 1.165) is 161 Å². The maximum atomic E-state index is 15.4. The van der Waals surface area contributed by atoms with Gasteiger partial charge >= 0.3 is 12.4 Å². The molecular formula is C81H65F6N3. The number of rotatable bonds is 8. The summed E-state index contributed by atoms with van der Waals surface area (Å²) in [4.78, 5) is 0. The van der Waals surface area contributed by atoms with Gasteiger partial charge in [0.1, 0.15) is 0 Å². The van der Waals surface area contributed by atoms with Crippen molar-refractivity contribution in [2.75, 3.05) is 0 Å². The molecule has 9 heteroatoms. The second-order valence-corrected chi connectivity index (χ2v) is 25.0. The summed E-state index contributed by atoms with van der Waals surface area (Å²) in [5.74, 6) is 0. The van der Waals surface area contributed by atoms with Crippen LogP contribution in [0.1, 0.15) is 83.5 Å². The van der Waals surface area contributed by atoms with Gasteiger partial charge in [-0.25, -0.2) is 0 Å². The lowest BCUT2D eigenvalue weighted by Crippen LogP contribution is -2.12. The van der Waals surface area contributed by atoms with Gasteiger partial charge in [0.05, 0.1) is 56.2 Å². The molecule has 0 fully saturated rings. The Morgan fingerprint density at radius 1 is 0.300 bits per heavy atom. The number of benzene rings is 11. The van der Waals surface area contributed by atoms with Gasteiger partial charge in [0, 0.05) is 32.7 Å². The number of nitrogens with zero attached hydrogens (tertiary/aromatic N) is 3. The molecule has 0 unspecified atom stereocenters. The zero-order valence-corrected chi connectivity index (χ0v) is 52.4. The van der Waals surface area contributed by atoms with E-state index in [9.17, 15) is 18.4 Å². The summed E-state index contributed by atoms with van der Waals surface area (Å²) in [6.07, 6.45) is -10.2. The minimum absolute atomic E-state index is 0.0512. The van der Waals surface area contributed by atoms with Crippen molar-refractivity contribution in [3.05, 3.63) is 259 Å². The van der Waals surface area contributed by atoms with Gasteiger partial charge in [-0.3, -0.25) is 0 Å². The van der Waals surface area contributed by atoms with E-state index in [1.807, 2.05) is 12.1 Å². The molecule has 0 aliphatic carbocycles. The van der Waals surface area contributed by atoms with Gasteiger partial charge in [0.25, 0.3) is 0 Å². The Morgan fingerprint density at radius 3 is 0.967 bits per heavy atom. The second kappa shape index (κ2) is 21.7. The highest BCUT2D eigenvalue weighted by atomic mass is 19.4. The fourth-order valence-corrected chi connectivity index (χ4v) is 15.1. The van der Waals surface area contributed by atoms with Crippen LogP contribution in [-0.4, -0.2) is 9.13 Å². The first-order valence-electron chi connectivity index (χ1n) is 30.2. The Bertz CT molecular complexity index is 4930. The van der Waals surface area contributed by atoms with Crippen LogP contribution in [0.2, 0.25) is 0 Å². The molecule has 0 saturated carbocycles. The molecule has 0 amide bonds. The highest BCUT2D eigenvalue weighted by molar-refractivity contribution is 6.14. The average molecular weight is 1190 g/mol. The Balaban J connectivity index is 1.15. The summed E-state index contributed by atoms with van der Waals surface area (Å²) in [7, 11) is 0. The molecule has 2 aromatic heterocycles. The lowest BCUT2D eigenvalue weighted by Gasteiger charge is -2.21. The van der Waals surface area contributed by atoms with Gasteiger partial charge in [0.2, 0.25) is 0 Å². The predicted molar refractivity (Wildman–Crippen MR) is 359 cm³/mol. The molecule has 2 heterocycles. The van der Waals surface area contributed by atoms with Gasteiger partial charge in [-0.15, -0.1) is 0 Å². The van der Waals surface area contributed by atoms with Gasteiger partial charge in [-0.05, 0) is 268 Å². The molecule has 0 saturated heterocycles. The van der Waals surface area contributed by atoms with Crippen LogP contribution in [0.15, 0.2) is 176 Å².